The van der Waals surface area contributed by atoms with Crippen LogP contribution in [0.25, 0.3) is 5.82 Å². The zero-order valence-electron chi connectivity index (χ0n) is 17.7. The Hall–Kier alpha value is -4.11. The Bertz CT molecular complexity index is 1310. The normalized spacial score (nSPS) is 14.4. The number of aromatic nitrogens is 3. The second kappa shape index (κ2) is 8.10. The third-order valence-corrected chi connectivity index (χ3v) is 5.80. The van der Waals surface area contributed by atoms with Crippen molar-refractivity contribution in [2.45, 2.75) is 26.2 Å². The lowest BCUT2D eigenvalue weighted by Gasteiger charge is -2.19. The number of benzene rings is 1. The summed E-state index contributed by atoms with van der Waals surface area (Å²) in [5.41, 5.74) is 3.29. The Morgan fingerprint density at radius 2 is 2.03 bits per heavy atom. The van der Waals surface area contributed by atoms with Gasteiger partial charge in [0.1, 0.15) is 5.76 Å². The zero-order valence-corrected chi connectivity index (χ0v) is 17.7. The molecule has 0 spiro atoms. The molecule has 0 fully saturated rings. The monoisotopic (exact) mass is 443 g/mol. The van der Waals surface area contributed by atoms with Crippen molar-refractivity contribution in [1.29, 1.82) is 0 Å². The molecule has 0 aliphatic carbocycles. The molecule has 5 heterocycles. The van der Waals surface area contributed by atoms with Gasteiger partial charge in [-0.25, -0.2) is 9.67 Å². The summed E-state index contributed by atoms with van der Waals surface area (Å²) in [4.78, 5) is 19.9. The fraction of sp³-hybridized carbons (Fsp3) is 0.208. The van der Waals surface area contributed by atoms with Gasteiger partial charge in [-0.15, -0.1) is 0 Å². The number of fused-ring (bicyclic) bond motifs is 4. The summed E-state index contributed by atoms with van der Waals surface area (Å²) in [7, 11) is 0. The van der Waals surface area contributed by atoms with Crippen LogP contribution in [0, 0.1) is 0 Å². The van der Waals surface area contributed by atoms with Gasteiger partial charge in [0.15, 0.2) is 17.3 Å². The second-order valence-corrected chi connectivity index (χ2v) is 8.00. The summed E-state index contributed by atoms with van der Waals surface area (Å²) in [6, 6.07) is 13.4. The van der Waals surface area contributed by atoms with Crippen molar-refractivity contribution >= 4 is 5.91 Å². The Labute approximate surface area is 189 Å². The zero-order chi connectivity index (χ0) is 22.2. The van der Waals surface area contributed by atoms with E-state index in [0.29, 0.717) is 37.5 Å². The van der Waals surface area contributed by atoms with Crippen molar-refractivity contribution in [3.63, 3.8) is 0 Å². The predicted molar refractivity (Wildman–Crippen MR) is 117 cm³/mol. The van der Waals surface area contributed by atoms with Gasteiger partial charge in [-0.1, -0.05) is 12.1 Å². The number of hydrogen-bond donors (Lipinski definition) is 1. The average molecular weight is 443 g/mol. The molecule has 6 rings (SSSR count). The van der Waals surface area contributed by atoms with E-state index in [0.717, 1.165) is 34.1 Å². The minimum absolute atomic E-state index is 0.189. The Kier molecular flexibility index (Phi) is 4.80. The number of ether oxygens (including phenoxy) is 2. The van der Waals surface area contributed by atoms with Crippen molar-refractivity contribution in [2.75, 3.05) is 6.79 Å². The lowest BCUT2D eigenvalue weighted by Crippen LogP contribution is -2.26. The maximum atomic E-state index is 13.2. The van der Waals surface area contributed by atoms with Crippen LogP contribution in [-0.4, -0.2) is 32.4 Å². The minimum Gasteiger partial charge on any atom is -0.468 e. The van der Waals surface area contributed by atoms with Crippen LogP contribution in [0.2, 0.25) is 0 Å². The van der Waals surface area contributed by atoms with E-state index >= 15 is 0 Å². The molecule has 33 heavy (non-hydrogen) atoms. The molecule has 0 saturated heterocycles. The summed E-state index contributed by atoms with van der Waals surface area (Å²) >= 11 is 0. The Balaban J connectivity index is 1.27. The molecule has 0 unspecified atom stereocenters. The van der Waals surface area contributed by atoms with Gasteiger partial charge in [-0.05, 0) is 35.9 Å². The third-order valence-electron chi connectivity index (χ3n) is 5.80. The van der Waals surface area contributed by atoms with Crippen molar-refractivity contribution < 1.29 is 18.7 Å². The van der Waals surface area contributed by atoms with Gasteiger partial charge in [0.05, 0.1) is 30.3 Å². The lowest BCUT2D eigenvalue weighted by molar-refractivity contribution is 0.0948. The highest BCUT2D eigenvalue weighted by molar-refractivity contribution is 5.95. The number of hydrogen-bond acceptors (Lipinski definition) is 7. The summed E-state index contributed by atoms with van der Waals surface area (Å²) in [6.07, 6.45) is 5.02. The minimum atomic E-state index is -0.189. The highest BCUT2D eigenvalue weighted by Gasteiger charge is 2.26. The number of rotatable bonds is 5. The number of pyridine rings is 1. The van der Waals surface area contributed by atoms with Gasteiger partial charge < -0.3 is 19.2 Å². The molecule has 0 saturated carbocycles. The van der Waals surface area contributed by atoms with Crippen LogP contribution in [0.1, 0.15) is 32.9 Å². The van der Waals surface area contributed by atoms with E-state index < -0.39 is 0 Å². The summed E-state index contributed by atoms with van der Waals surface area (Å²) < 4.78 is 18.1. The first-order chi connectivity index (χ1) is 16.2. The molecule has 1 N–H and O–H groups in total. The molecular formula is C24H21N5O4. The summed E-state index contributed by atoms with van der Waals surface area (Å²) in [5.74, 6) is 2.82. The van der Waals surface area contributed by atoms with E-state index in [1.54, 1.807) is 23.3 Å². The molecule has 1 amide bonds. The van der Waals surface area contributed by atoms with Crippen LogP contribution in [0.5, 0.6) is 11.5 Å². The summed E-state index contributed by atoms with van der Waals surface area (Å²) in [6.45, 7) is 2.41. The van der Waals surface area contributed by atoms with Gasteiger partial charge >= 0.3 is 0 Å². The lowest BCUT2D eigenvalue weighted by atomic mass is 10.1. The van der Waals surface area contributed by atoms with Crippen molar-refractivity contribution in [2.24, 2.45) is 0 Å². The van der Waals surface area contributed by atoms with E-state index in [1.807, 2.05) is 42.5 Å². The number of nitrogens with one attached hydrogen (secondary N) is 1. The van der Waals surface area contributed by atoms with Gasteiger partial charge in [-0.2, -0.15) is 5.10 Å². The summed E-state index contributed by atoms with van der Waals surface area (Å²) in [5, 5.41) is 7.52. The highest BCUT2D eigenvalue weighted by atomic mass is 16.7. The third kappa shape index (κ3) is 3.72. The number of furan rings is 1. The van der Waals surface area contributed by atoms with Crippen molar-refractivity contribution in [3.8, 4) is 17.3 Å². The number of carbonyl (C=O) groups excluding carboxylic acids is 1. The van der Waals surface area contributed by atoms with Crippen LogP contribution in [0.4, 0.5) is 0 Å². The van der Waals surface area contributed by atoms with Crippen LogP contribution in [0.3, 0.4) is 0 Å². The predicted octanol–water partition coefficient (Wildman–Crippen LogP) is 3.03. The SMILES string of the molecule is O=C(NCc1ccc2c(c1)OCO2)c1cnn2c1CN(Cc1ccco1)Cc1cccnc1-2. The Morgan fingerprint density at radius 1 is 1.09 bits per heavy atom. The van der Waals surface area contributed by atoms with E-state index in [-0.39, 0.29) is 12.7 Å². The van der Waals surface area contributed by atoms with E-state index in [1.165, 1.54) is 0 Å². The number of amides is 1. The van der Waals surface area contributed by atoms with Gasteiger partial charge in [-0.3, -0.25) is 9.69 Å². The van der Waals surface area contributed by atoms with Gasteiger partial charge in [0.2, 0.25) is 6.79 Å². The molecule has 2 aliphatic heterocycles. The topological polar surface area (TPSA) is 94.6 Å². The molecule has 1 aromatic carbocycles. The molecule has 9 heteroatoms. The standard InChI is InChI=1S/C24H21N5O4/c30-24(26-10-16-5-6-21-22(9-16)33-15-32-21)19-11-27-29-20(19)14-28(13-18-4-2-8-31-18)12-17-3-1-7-25-23(17)29/h1-9,11H,10,12-15H2,(H,26,30). The van der Waals surface area contributed by atoms with Crippen LogP contribution < -0.4 is 14.8 Å². The fourth-order valence-electron chi connectivity index (χ4n) is 4.21. The highest BCUT2D eigenvalue weighted by Crippen LogP contribution is 2.32. The smallest absolute Gasteiger partial charge is 0.255 e. The van der Waals surface area contributed by atoms with Crippen LogP contribution in [-0.2, 0) is 26.2 Å². The second-order valence-electron chi connectivity index (χ2n) is 8.00. The van der Waals surface area contributed by atoms with E-state index in [4.69, 9.17) is 13.9 Å². The number of nitrogens with zero attached hydrogens (tertiary/aromatic N) is 4. The molecule has 0 bridgehead atoms. The first-order valence-corrected chi connectivity index (χ1v) is 10.7. The van der Waals surface area contributed by atoms with Gasteiger partial charge in [0, 0.05) is 31.4 Å². The maximum Gasteiger partial charge on any atom is 0.255 e. The maximum absolute atomic E-state index is 13.2. The molecule has 9 nitrogen and oxygen atoms in total. The largest absolute Gasteiger partial charge is 0.468 e. The number of carbonyl (C=O) groups is 1. The Morgan fingerprint density at radius 3 is 2.94 bits per heavy atom. The molecule has 2 aliphatic rings. The fourth-order valence-corrected chi connectivity index (χ4v) is 4.21. The average Bonchev–Trinajstić information content (AvgIpc) is 3.57. The van der Waals surface area contributed by atoms with Crippen molar-refractivity contribution in [1.82, 2.24) is 25.0 Å². The molecule has 166 valence electrons. The molecule has 0 radical (unpaired) electrons. The van der Waals surface area contributed by atoms with E-state index in [9.17, 15) is 4.79 Å². The van der Waals surface area contributed by atoms with Crippen molar-refractivity contribution in [3.05, 3.63) is 89.3 Å². The molecule has 3 aromatic heterocycles. The molecule has 4 aromatic rings. The van der Waals surface area contributed by atoms with Crippen LogP contribution in [0.15, 0.2) is 65.5 Å². The van der Waals surface area contributed by atoms with Crippen LogP contribution >= 0.6 is 0 Å². The first-order valence-electron chi connectivity index (χ1n) is 10.7. The molecule has 0 atom stereocenters. The van der Waals surface area contributed by atoms with Gasteiger partial charge in [0.25, 0.3) is 5.91 Å². The van der Waals surface area contributed by atoms with E-state index in [2.05, 4.69) is 20.3 Å². The quantitative estimate of drug-likeness (QED) is 0.507. The molecular weight excluding hydrogens is 422 g/mol. The first kappa shape index (κ1) is 19.6.